The number of piperidine rings is 1. The number of nitrogens with two attached hydrogens (primary N) is 1. The molecule has 1 heterocycles. The summed E-state index contributed by atoms with van der Waals surface area (Å²) in [7, 11) is 0. The summed E-state index contributed by atoms with van der Waals surface area (Å²) in [5.41, 5.74) is 6.26. The summed E-state index contributed by atoms with van der Waals surface area (Å²) >= 11 is 0. The van der Waals surface area contributed by atoms with Gasteiger partial charge in [-0.05, 0) is 38.3 Å². The molecule has 2 unspecified atom stereocenters. The quantitative estimate of drug-likeness (QED) is 0.898. The number of halogens is 2. The van der Waals surface area contributed by atoms with E-state index in [9.17, 15) is 8.78 Å². The highest BCUT2D eigenvalue weighted by atomic mass is 19.1. The molecule has 100 valence electrons. The monoisotopic (exact) mass is 254 g/mol. The smallest absolute Gasteiger partial charge is 0.130 e. The predicted octanol–water partition coefficient (Wildman–Crippen LogP) is 2.52. The summed E-state index contributed by atoms with van der Waals surface area (Å²) in [5.74, 6) is -0.496. The van der Waals surface area contributed by atoms with Crippen LogP contribution in [-0.2, 0) is 6.54 Å². The minimum Gasteiger partial charge on any atom is -0.330 e. The second-order valence-electron chi connectivity index (χ2n) is 5.19. The van der Waals surface area contributed by atoms with Crippen molar-refractivity contribution >= 4 is 0 Å². The lowest BCUT2D eigenvalue weighted by Gasteiger charge is -2.37. The summed E-state index contributed by atoms with van der Waals surface area (Å²) in [6.45, 7) is 4.25. The normalized spacial score (nSPS) is 25.3. The highest BCUT2D eigenvalue weighted by molar-refractivity contribution is 5.18. The minimum atomic E-state index is -0.525. The molecule has 0 aromatic heterocycles. The van der Waals surface area contributed by atoms with Crippen LogP contribution in [-0.4, -0.2) is 24.0 Å². The number of nitrogens with zero attached hydrogens (tertiary/aromatic N) is 1. The summed E-state index contributed by atoms with van der Waals surface area (Å²) < 4.78 is 26.5. The van der Waals surface area contributed by atoms with Crippen molar-refractivity contribution in [2.24, 2.45) is 11.7 Å². The highest BCUT2D eigenvalue weighted by Gasteiger charge is 2.25. The molecule has 0 aliphatic carbocycles. The second-order valence-corrected chi connectivity index (χ2v) is 5.19. The van der Waals surface area contributed by atoms with Gasteiger partial charge in [-0.2, -0.15) is 0 Å². The Morgan fingerprint density at radius 2 is 2.11 bits per heavy atom. The number of hydrogen-bond donors (Lipinski definition) is 1. The van der Waals surface area contributed by atoms with E-state index in [0.29, 0.717) is 30.6 Å². The maximum atomic E-state index is 13.6. The Labute approximate surface area is 107 Å². The van der Waals surface area contributed by atoms with E-state index in [4.69, 9.17) is 5.73 Å². The van der Waals surface area contributed by atoms with E-state index in [0.717, 1.165) is 25.5 Å². The van der Waals surface area contributed by atoms with Crippen molar-refractivity contribution in [2.45, 2.75) is 32.4 Å². The third kappa shape index (κ3) is 3.06. The molecule has 4 heteroatoms. The van der Waals surface area contributed by atoms with Crippen molar-refractivity contribution in [1.29, 1.82) is 0 Å². The Morgan fingerprint density at radius 1 is 1.33 bits per heavy atom. The van der Waals surface area contributed by atoms with Crippen molar-refractivity contribution in [3.8, 4) is 0 Å². The molecule has 2 nitrogen and oxygen atoms in total. The van der Waals surface area contributed by atoms with Crippen molar-refractivity contribution in [3.63, 3.8) is 0 Å². The zero-order valence-electron chi connectivity index (χ0n) is 10.7. The predicted molar refractivity (Wildman–Crippen MR) is 68.0 cm³/mol. The molecule has 2 rings (SSSR count). The Balaban J connectivity index is 2.07. The van der Waals surface area contributed by atoms with Gasteiger partial charge < -0.3 is 5.73 Å². The van der Waals surface area contributed by atoms with Crippen molar-refractivity contribution < 1.29 is 8.78 Å². The lowest BCUT2D eigenvalue weighted by molar-refractivity contribution is 0.112. The summed E-state index contributed by atoms with van der Waals surface area (Å²) in [6.07, 6.45) is 2.23. The molecular formula is C14H20F2N2. The van der Waals surface area contributed by atoms with E-state index < -0.39 is 11.6 Å². The van der Waals surface area contributed by atoms with Crippen LogP contribution >= 0.6 is 0 Å². The molecule has 0 saturated carbocycles. The van der Waals surface area contributed by atoms with Crippen molar-refractivity contribution in [2.75, 3.05) is 13.1 Å². The van der Waals surface area contributed by atoms with Gasteiger partial charge in [0.2, 0.25) is 0 Å². The van der Waals surface area contributed by atoms with Crippen LogP contribution in [0.1, 0.15) is 25.3 Å². The zero-order chi connectivity index (χ0) is 13.1. The summed E-state index contributed by atoms with van der Waals surface area (Å²) in [6, 6.07) is 4.22. The van der Waals surface area contributed by atoms with Crippen LogP contribution in [0.15, 0.2) is 18.2 Å². The molecule has 0 radical (unpaired) electrons. The Morgan fingerprint density at radius 3 is 2.78 bits per heavy atom. The summed E-state index contributed by atoms with van der Waals surface area (Å²) in [5, 5.41) is 0. The Bertz CT molecular complexity index is 409. The van der Waals surface area contributed by atoms with E-state index in [1.807, 2.05) is 0 Å². The second kappa shape index (κ2) is 5.76. The van der Waals surface area contributed by atoms with Gasteiger partial charge in [-0.3, -0.25) is 4.90 Å². The molecule has 2 atom stereocenters. The molecule has 2 N–H and O–H groups in total. The van der Waals surface area contributed by atoms with Gasteiger partial charge in [-0.15, -0.1) is 0 Å². The Kier molecular flexibility index (Phi) is 4.30. The zero-order valence-corrected chi connectivity index (χ0v) is 10.7. The first-order chi connectivity index (χ1) is 8.60. The maximum Gasteiger partial charge on any atom is 0.130 e. The molecule has 1 aromatic carbocycles. The first kappa shape index (κ1) is 13.4. The van der Waals surface area contributed by atoms with Gasteiger partial charge in [-0.25, -0.2) is 8.78 Å². The first-order valence-corrected chi connectivity index (χ1v) is 6.48. The topological polar surface area (TPSA) is 29.3 Å². The third-order valence-electron chi connectivity index (χ3n) is 3.83. The van der Waals surface area contributed by atoms with Gasteiger partial charge in [-0.1, -0.05) is 6.07 Å². The molecule has 18 heavy (non-hydrogen) atoms. The van der Waals surface area contributed by atoms with E-state index in [1.165, 1.54) is 12.1 Å². The van der Waals surface area contributed by atoms with Crippen LogP contribution in [0.5, 0.6) is 0 Å². The number of likely N-dealkylation sites (tertiary alicyclic amines) is 1. The lowest BCUT2D eigenvalue weighted by Crippen LogP contribution is -2.43. The average Bonchev–Trinajstić information content (AvgIpc) is 2.35. The molecule has 1 fully saturated rings. The fourth-order valence-corrected chi connectivity index (χ4v) is 2.54. The third-order valence-corrected chi connectivity index (χ3v) is 3.83. The van der Waals surface area contributed by atoms with Crippen LogP contribution in [0.4, 0.5) is 8.78 Å². The van der Waals surface area contributed by atoms with Gasteiger partial charge in [0.25, 0.3) is 0 Å². The SMILES string of the molecule is CC1CCC(CN)CN1Cc1ccc(F)cc1F. The van der Waals surface area contributed by atoms with E-state index in [2.05, 4.69) is 11.8 Å². The van der Waals surface area contributed by atoms with Crippen molar-refractivity contribution in [3.05, 3.63) is 35.4 Å². The molecule has 0 spiro atoms. The molecule has 1 aliphatic rings. The molecule has 1 aromatic rings. The summed E-state index contributed by atoms with van der Waals surface area (Å²) in [4.78, 5) is 2.23. The van der Waals surface area contributed by atoms with E-state index in [1.54, 1.807) is 0 Å². The van der Waals surface area contributed by atoms with Crippen LogP contribution in [0, 0.1) is 17.6 Å². The van der Waals surface area contributed by atoms with Crippen molar-refractivity contribution in [1.82, 2.24) is 4.90 Å². The molecular weight excluding hydrogens is 234 g/mol. The largest absolute Gasteiger partial charge is 0.330 e. The van der Waals surface area contributed by atoms with E-state index in [-0.39, 0.29) is 0 Å². The number of rotatable bonds is 3. The fourth-order valence-electron chi connectivity index (χ4n) is 2.54. The van der Waals surface area contributed by atoms with Gasteiger partial charge in [0.15, 0.2) is 0 Å². The van der Waals surface area contributed by atoms with Gasteiger partial charge in [0.1, 0.15) is 11.6 Å². The standard InChI is InChI=1S/C14H20F2N2/c1-10-2-3-11(7-17)8-18(10)9-12-4-5-13(15)6-14(12)16/h4-6,10-11H,2-3,7-9,17H2,1H3. The molecule has 0 bridgehead atoms. The van der Waals surface area contributed by atoms with Crippen LogP contribution in [0.3, 0.4) is 0 Å². The average molecular weight is 254 g/mol. The molecule has 1 saturated heterocycles. The number of benzene rings is 1. The van der Waals surface area contributed by atoms with Crippen LogP contribution in [0.2, 0.25) is 0 Å². The van der Waals surface area contributed by atoms with E-state index >= 15 is 0 Å². The van der Waals surface area contributed by atoms with Crippen LogP contribution in [0.25, 0.3) is 0 Å². The fraction of sp³-hybridized carbons (Fsp3) is 0.571. The lowest BCUT2D eigenvalue weighted by atomic mass is 9.93. The first-order valence-electron chi connectivity index (χ1n) is 6.48. The molecule has 1 aliphatic heterocycles. The molecule has 0 amide bonds. The van der Waals surface area contributed by atoms with Gasteiger partial charge in [0, 0.05) is 30.8 Å². The Hall–Kier alpha value is -1.00. The minimum absolute atomic E-state index is 0.428. The van der Waals surface area contributed by atoms with Gasteiger partial charge in [0.05, 0.1) is 0 Å². The maximum absolute atomic E-state index is 13.6. The van der Waals surface area contributed by atoms with Gasteiger partial charge >= 0.3 is 0 Å². The van der Waals surface area contributed by atoms with Crippen LogP contribution < -0.4 is 5.73 Å². The number of hydrogen-bond acceptors (Lipinski definition) is 2. The highest BCUT2D eigenvalue weighted by Crippen LogP contribution is 2.23.